The summed E-state index contributed by atoms with van der Waals surface area (Å²) in [5.74, 6) is 0.204. The fourth-order valence-electron chi connectivity index (χ4n) is 3.58. The molecule has 1 aromatic carbocycles. The number of hydrogen-bond donors (Lipinski definition) is 1. The molecule has 1 saturated heterocycles. The van der Waals surface area contributed by atoms with Gasteiger partial charge >= 0.3 is 0 Å². The first-order valence-electron chi connectivity index (χ1n) is 9.75. The molecule has 1 aliphatic heterocycles. The van der Waals surface area contributed by atoms with Gasteiger partial charge in [0.05, 0.1) is 6.61 Å². The highest BCUT2D eigenvalue weighted by Crippen LogP contribution is 2.32. The van der Waals surface area contributed by atoms with E-state index in [4.69, 9.17) is 4.74 Å². The number of amides is 1. The number of anilines is 1. The van der Waals surface area contributed by atoms with E-state index < -0.39 is 10.0 Å². The molecule has 0 saturated carbocycles. The van der Waals surface area contributed by atoms with E-state index in [0.717, 1.165) is 38.5 Å². The van der Waals surface area contributed by atoms with E-state index in [-0.39, 0.29) is 16.7 Å². The van der Waals surface area contributed by atoms with Gasteiger partial charge in [0.25, 0.3) is 0 Å². The van der Waals surface area contributed by atoms with Crippen molar-refractivity contribution in [2.45, 2.75) is 50.3 Å². The number of allylic oxidation sites excluding steroid dienone is 2. The molecular formula is C20H28N2O4S. The molecule has 27 heavy (non-hydrogen) atoms. The maximum atomic E-state index is 13.1. The highest BCUT2D eigenvalue weighted by Gasteiger charge is 2.29. The number of hydrogen-bond acceptors (Lipinski definition) is 4. The summed E-state index contributed by atoms with van der Waals surface area (Å²) in [6, 6.07) is 4.87. The van der Waals surface area contributed by atoms with Gasteiger partial charge in [-0.3, -0.25) is 4.79 Å². The van der Waals surface area contributed by atoms with Crippen molar-refractivity contribution in [1.29, 1.82) is 0 Å². The van der Waals surface area contributed by atoms with E-state index in [1.165, 1.54) is 10.4 Å². The van der Waals surface area contributed by atoms with Crippen molar-refractivity contribution in [2.75, 3.05) is 25.0 Å². The normalized spacial score (nSPS) is 21.0. The third-order valence-electron chi connectivity index (χ3n) is 5.08. The zero-order valence-corrected chi connectivity index (χ0v) is 16.6. The van der Waals surface area contributed by atoms with Crippen molar-refractivity contribution < 1.29 is 17.9 Å². The number of ether oxygens (including phenoxy) is 1. The van der Waals surface area contributed by atoms with Gasteiger partial charge in [0.15, 0.2) is 0 Å². The lowest BCUT2D eigenvalue weighted by molar-refractivity contribution is -0.120. The number of rotatable bonds is 6. The van der Waals surface area contributed by atoms with Gasteiger partial charge in [-0.05, 0) is 57.2 Å². The van der Waals surface area contributed by atoms with Gasteiger partial charge in [-0.2, -0.15) is 4.31 Å². The Morgan fingerprint density at radius 1 is 1.22 bits per heavy atom. The molecule has 7 heteroatoms. The van der Waals surface area contributed by atoms with E-state index in [1.807, 2.05) is 13.0 Å². The smallest absolute Gasteiger partial charge is 0.246 e. The number of piperidine rings is 1. The standard InChI is InChI=1S/C20H28N2O4S/c1-2-26-18-12-11-17(21-20(23)16-9-5-3-6-10-16)15-19(18)27(24,25)22-13-7-4-8-14-22/h3,5,11-12,15-16H,2,4,6-10,13-14H2,1H3,(H,21,23)/t16-/m1/s1. The van der Waals surface area contributed by atoms with Crippen LogP contribution in [-0.4, -0.2) is 38.3 Å². The summed E-state index contributed by atoms with van der Waals surface area (Å²) < 4.78 is 33.4. The van der Waals surface area contributed by atoms with Crippen LogP contribution in [0.4, 0.5) is 5.69 Å². The Labute approximate surface area is 161 Å². The molecule has 0 unspecified atom stereocenters. The van der Waals surface area contributed by atoms with Crippen molar-refractivity contribution in [2.24, 2.45) is 5.92 Å². The molecule has 148 valence electrons. The number of nitrogens with one attached hydrogen (secondary N) is 1. The van der Waals surface area contributed by atoms with E-state index in [0.29, 0.717) is 31.1 Å². The Morgan fingerprint density at radius 2 is 2.00 bits per heavy atom. The largest absolute Gasteiger partial charge is 0.492 e. The highest BCUT2D eigenvalue weighted by atomic mass is 32.2. The average molecular weight is 393 g/mol. The van der Waals surface area contributed by atoms with Crippen LogP contribution < -0.4 is 10.1 Å². The number of nitrogens with zero attached hydrogens (tertiary/aromatic N) is 1. The minimum Gasteiger partial charge on any atom is -0.492 e. The summed E-state index contributed by atoms with van der Waals surface area (Å²) >= 11 is 0. The Bertz CT molecular complexity index is 798. The van der Waals surface area contributed by atoms with Gasteiger partial charge in [-0.15, -0.1) is 0 Å². The molecule has 3 rings (SSSR count). The van der Waals surface area contributed by atoms with Crippen LogP contribution in [0.1, 0.15) is 45.4 Å². The van der Waals surface area contributed by atoms with Crippen molar-refractivity contribution >= 4 is 21.6 Å². The molecule has 1 amide bonds. The Hall–Kier alpha value is -1.86. The summed E-state index contributed by atoms with van der Waals surface area (Å²) in [5.41, 5.74) is 0.494. The number of benzene rings is 1. The first-order valence-corrected chi connectivity index (χ1v) is 11.2. The fraction of sp³-hybridized carbons (Fsp3) is 0.550. The zero-order chi connectivity index (χ0) is 19.3. The number of carbonyl (C=O) groups is 1. The fourth-order valence-corrected chi connectivity index (χ4v) is 5.26. The van der Waals surface area contributed by atoms with Crippen molar-refractivity contribution in [3.63, 3.8) is 0 Å². The predicted molar refractivity (Wildman–Crippen MR) is 105 cm³/mol. The molecule has 1 N–H and O–H groups in total. The van der Waals surface area contributed by atoms with Crippen LogP contribution in [-0.2, 0) is 14.8 Å². The molecule has 0 bridgehead atoms. The second kappa shape index (κ2) is 8.89. The van der Waals surface area contributed by atoms with E-state index in [2.05, 4.69) is 11.4 Å². The first kappa shape index (κ1) is 19.9. The average Bonchev–Trinajstić information content (AvgIpc) is 2.70. The van der Waals surface area contributed by atoms with Gasteiger partial charge in [0.1, 0.15) is 10.6 Å². The summed E-state index contributed by atoms with van der Waals surface area (Å²) in [5, 5.41) is 2.89. The van der Waals surface area contributed by atoms with Crippen LogP contribution in [0.3, 0.4) is 0 Å². The first-order chi connectivity index (χ1) is 13.0. The Morgan fingerprint density at radius 3 is 2.67 bits per heavy atom. The molecule has 2 aliphatic rings. The van der Waals surface area contributed by atoms with Crippen LogP contribution in [0.2, 0.25) is 0 Å². The molecule has 1 aliphatic carbocycles. The molecular weight excluding hydrogens is 364 g/mol. The Kier molecular flexibility index (Phi) is 6.55. The van der Waals surface area contributed by atoms with E-state index in [9.17, 15) is 13.2 Å². The van der Waals surface area contributed by atoms with Crippen LogP contribution in [0, 0.1) is 5.92 Å². The monoisotopic (exact) mass is 392 g/mol. The summed E-state index contributed by atoms with van der Waals surface area (Å²) in [4.78, 5) is 12.6. The second-order valence-electron chi connectivity index (χ2n) is 7.03. The quantitative estimate of drug-likeness (QED) is 0.751. The Balaban J connectivity index is 1.86. The van der Waals surface area contributed by atoms with Crippen molar-refractivity contribution in [3.8, 4) is 5.75 Å². The van der Waals surface area contributed by atoms with E-state index >= 15 is 0 Å². The minimum atomic E-state index is -3.65. The second-order valence-corrected chi connectivity index (χ2v) is 8.94. The molecule has 0 spiro atoms. The maximum Gasteiger partial charge on any atom is 0.246 e. The van der Waals surface area contributed by atoms with Crippen LogP contribution in [0.15, 0.2) is 35.2 Å². The predicted octanol–water partition coefficient (Wildman–Crippen LogP) is 3.55. The number of sulfonamides is 1. The number of carbonyl (C=O) groups excluding carboxylic acids is 1. The zero-order valence-electron chi connectivity index (χ0n) is 15.8. The molecule has 1 aromatic rings. The van der Waals surface area contributed by atoms with Crippen LogP contribution in [0.25, 0.3) is 0 Å². The molecule has 6 nitrogen and oxygen atoms in total. The lowest BCUT2D eigenvalue weighted by Crippen LogP contribution is -2.35. The molecule has 0 radical (unpaired) electrons. The third kappa shape index (κ3) is 4.71. The van der Waals surface area contributed by atoms with E-state index in [1.54, 1.807) is 12.1 Å². The summed E-state index contributed by atoms with van der Waals surface area (Å²) in [6.07, 6.45) is 9.35. The molecule has 1 heterocycles. The molecule has 1 atom stereocenters. The minimum absolute atomic E-state index is 0.0650. The van der Waals surface area contributed by atoms with Crippen molar-refractivity contribution in [3.05, 3.63) is 30.4 Å². The van der Waals surface area contributed by atoms with Gasteiger partial charge in [0.2, 0.25) is 15.9 Å². The van der Waals surface area contributed by atoms with Gasteiger partial charge < -0.3 is 10.1 Å². The lowest BCUT2D eigenvalue weighted by Gasteiger charge is -2.27. The van der Waals surface area contributed by atoms with Crippen LogP contribution >= 0.6 is 0 Å². The van der Waals surface area contributed by atoms with Crippen LogP contribution in [0.5, 0.6) is 5.75 Å². The topological polar surface area (TPSA) is 75.7 Å². The highest BCUT2D eigenvalue weighted by molar-refractivity contribution is 7.89. The maximum absolute atomic E-state index is 13.1. The van der Waals surface area contributed by atoms with Gasteiger partial charge in [0, 0.05) is 24.7 Å². The molecule has 0 aromatic heterocycles. The summed E-state index contributed by atoms with van der Waals surface area (Å²) in [7, 11) is -3.65. The summed E-state index contributed by atoms with van der Waals surface area (Å²) in [6.45, 7) is 3.25. The van der Waals surface area contributed by atoms with Gasteiger partial charge in [-0.25, -0.2) is 8.42 Å². The lowest BCUT2D eigenvalue weighted by atomic mass is 9.93. The van der Waals surface area contributed by atoms with Gasteiger partial charge in [-0.1, -0.05) is 18.6 Å². The van der Waals surface area contributed by atoms with Crippen molar-refractivity contribution in [1.82, 2.24) is 4.31 Å². The SMILES string of the molecule is CCOc1ccc(NC(=O)[C@@H]2CC=CCC2)cc1S(=O)(=O)N1CCCCC1. The third-order valence-corrected chi connectivity index (χ3v) is 7.00. The molecule has 1 fully saturated rings.